The third kappa shape index (κ3) is 3.50. The van der Waals surface area contributed by atoms with Crippen LogP contribution in [0.5, 0.6) is 0 Å². The molecule has 0 atom stereocenters. The number of rotatable bonds is 1. The first-order valence-electron chi connectivity index (χ1n) is 4.18. The number of aliphatic carboxylic acids is 1. The molecule has 2 rings (SSSR count). The second kappa shape index (κ2) is 4.92. The molecule has 0 unspecified atom stereocenters. The monoisotopic (exact) mass is 239 g/mol. The summed E-state index contributed by atoms with van der Waals surface area (Å²) in [5.41, 5.74) is 0. The van der Waals surface area contributed by atoms with Gasteiger partial charge in [-0.15, -0.1) is 0 Å². The predicted molar refractivity (Wildman–Crippen MR) is 43.6 cm³/mol. The van der Waals surface area contributed by atoms with E-state index in [1.54, 1.807) is 0 Å². The van der Waals surface area contributed by atoms with Crippen molar-refractivity contribution < 1.29 is 27.6 Å². The molecule has 1 fully saturated rings. The number of carbonyl (C=O) groups is 1. The summed E-state index contributed by atoms with van der Waals surface area (Å²) in [6.45, 7) is 1.97. The van der Waals surface area contributed by atoms with E-state index in [2.05, 4.69) is 20.0 Å². The molecule has 1 aromatic rings. The van der Waals surface area contributed by atoms with Gasteiger partial charge in [-0.1, -0.05) is 5.16 Å². The maximum atomic E-state index is 10.6. The third-order valence-electron chi connectivity index (χ3n) is 1.77. The van der Waals surface area contributed by atoms with Crippen molar-refractivity contribution in [2.24, 2.45) is 0 Å². The minimum atomic E-state index is -5.08. The zero-order chi connectivity index (χ0) is 12.2. The molecular weight excluding hydrogens is 231 g/mol. The number of alkyl halides is 3. The second-order valence-corrected chi connectivity index (χ2v) is 2.95. The van der Waals surface area contributed by atoms with Gasteiger partial charge in [0, 0.05) is 19.0 Å². The van der Waals surface area contributed by atoms with Crippen LogP contribution in [0.2, 0.25) is 0 Å². The highest BCUT2D eigenvalue weighted by atomic mass is 19.4. The number of carboxylic acid groups (broad SMARTS) is 1. The first kappa shape index (κ1) is 12.4. The first-order valence-corrected chi connectivity index (χ1v) is 4.18. The smallest absolute Gasteiger partial charge is 0.475 e. The van der Waals surface area contributed by atoms with Crippen LogP contribution in [0.15, 0.2) is 10.9 Å². The van der Waals surface area contributed by atoms with Gasteiger partial charge >= 0.3 is 12.1 Å². The molecule has 1 saturated heterocycles. The van der Waals surface area contributed by atoms with Crippen LogP contribution in [0.3, 0.4) is 0 Å². The Morgan fingerprint density at radius 2 is 2.12 bits per heavy atom. The van der Waals surface area contributed by atoms with E-state index in [1.807, 2.05) is 0 Å². The summed E-state index contributed by atoms with van der Waals surface area (Å²) >= 11 is 0. The van der Waals surface area contributed by atoms with E-state index in [1.165, 1.54) is 6.39 Å². The van der Waals surface area contributed by atoms with Crippen LogP contribution in [-0.2, 0) is 4.79 Å². The lowest BCUT2D eigenvalue weighted by Gasteiger charge is -2.23. The quantitative estimate of drug-likeness (QED) is 0.737. The highest BCUT2D eigenvalue weighted by Gasteiger charge is 2.38. The molecule has 2 N–H and O–H groups in total. The zero-order valence-corrected chi connectivity index (χ0v) is 7.86. The molecule has 0 saturated carbocycles. The van der Waals surface area contributed by atoms with Crippen LogP contribution < -0.4 is 5.32 Å². The van der Waals surface area contributed by atoms with Crippen molar-refractivity contribution in [1.82, 2.24) is 15.5 Å². The zero-order valence-electron chi connectivity index (χ0n) is 7.86. The van der Waals surface area contributed by atoms with Crippen molar-refractivity contribution in [3.63, 3.8) is 0 Å². The van der Waals surface area contributed by atoms with Crippen molar-refractivity contribution in [1.29, 1.82) is 0 Å². The van der Waals surface area contributed by atoms with Gasteiger partial charge in [0.15, 0.2) is 5.82 Å². The molecule has 16 heavy (non-hydrogen) atoms. The third-order valence-corrected chi connectivity index (χ3v) is 1.77. The number of hydrogen-bond donors (Lipinski definition) is 2. The minimum absolute atomic E-state index is 0.490. The van der Waals surface area contributed by atoms with Gasteiger partial charge in [-0.2, -0.15) is 18.2 Å². The number of carboxylic acids is 1. The number of nitrogens with one attached hydrogen (secondary N) is 1. The van der Waals surface area contributed by atoms with Gasteiger partial charge in [-0.3, -0.25) is 0 Å². The van der Waals surface area contributed by atoms with E-state index >= 15 is 0 Å². The van der Waals surface area contributed by atoms with Crippen molar-refractivity contribution >= 4 is 5.97 Å². The van der Waals surface area contributed by atoms with Crippen molar-refractivity contribution in [2.75, 3.05) is 13.1 Å². The molecule has 0 radical (unpaired) electrons. The summed E-state index contributed by atoms with van der Waals surface area (Å²) in [6, 6.07) is 0. The van der Waals surface area contributed by atoms with Crippen LogP contribution in [0.25, 0.3) is 0 Å². The van der Waals surface area contributed by atoms with Gasteiger partial charge in [-0.05, 0) is 0 Å². The van der Waals surface area contributed by atoms with Gasteiger partial charge < -0.3 is 14.9 Å². The Morgan fingerprint density at radius 1 is 1.56 bits per heavy atom. The molecule has 1 aliphatic rings. The summed E-state index contributed by atoms with van der Waals surface area (Å²) in [7, 11) is 0. The molecule has 9 heteroatoms. The van der Waals surface area contributed by atoms with Gasteiger partial charge in [0.25, 0.3) is 0 Å². The summed E-state index contributed by atoms with van der Waals surface area (Å²) in [6.07, 6.45) is -3.71. The molecule has 0 amide bonds. The van der Waals surface area contributed by atoms with E-state index in [4.69, 9.17) is 9.90 Å². The summed E-state index contributed by atoms with van der Waals surface area (Å²) in [5, 5.41) is 14.0. The first-order chi connectivity index (χ1) is 7.41. The van der Waals surface area contributed by atoms with Crippen LogP contribution in [-0.4, -0.2) is 40.5 Å². The predicted octanol–water partition coefficient (Wildman–Crippen LogP) is 0.390. The molecule has 6 nitrogen and oxygen atoms in total. The number of nitrogens with zero attached hydrogens (tertiary/aromatic N) is 2. The summed E-state index contributed by atoms with van der Waals surface area (Å²) in [4.78, 5) is 12.8. The molecule has 0 bridgehead atoms. The fraction of sp³-hybridized carbons (Fsp3) is 0.571. The molecule has 1 aromatic heterocycles. The Bertz CT molecular complexity index is 334. The lowest BCUT2D eigenvalue weighted by atomic mass is 10.0. The number of aromatic nitrogens is 2. The SMILES string of the molecule is O=C(O)C(F)(F)F.c1nc(C2CNC2)no1. The summed E-state index contributed by atoms with van der Waals surface area (Å²) < 4.78 is 36.3. The second-order valence-electron chi connectivity index (χ2n) is 2.95. The van der Waals surface area contributed by atoms with E-state index in [-0.39, 0.29) is 0 Å². The largest absolute Gasteiger partial charge is 0.490 e. The average molecular weight is 239 g/mol. The molecule has 1 aliphatic heterocycles. The molecular formula is C7H8F3N3O3. The Kier molecular flexibility index (Phi) is 3.82. The molecule has 0 aliphatic carbocycles. The van der Waals surface area contributed by atoms with Crippen molar-refractivity contribution in [3.8, 4) is 0 Å². The highest BCUT2D eigenvalue weighted by molar-refractivity contribution is 5.73. The standard InChI is InChI=1S/C5H7N3O.C2HF3O2/c1-4(2-6-1)5-7-3-9-8-5;3-2(4,5)1(6)7/h3-4,6H,1-2H2;(H,6,7). The van der Waals surface area contributed by atoms with Crippen LogP contribution in [0.4, 0.5) is 13.2 Å². The minimum Gasteiger partial charge on any atom is -0.475 e. The normalized spacial score (nSPS) is 15.9. The van der Waals surface area contributed by atoms with Gasteiger partial charge in [0.05, 0.1) is 0 Å². The van der Waals surface area contributed by atoms with Crippen LogP contribution in [0, 0.1) is 0 Å². The van der Waals surface area contributed by atoms with E-state index < -0.39 is 12.1 Å². The Morgan fingerprint density at radius 3 is 2.38 bits per heavy atom. The molecule has 0 aromatic carbocycles. The maximum absolute atomic E-state index is 10.6. The highest BCUT2D eigenvalue weighted by Crippen LogP contribution is 2.14. The van der Waals surface area contributed by atoms with E-state index in [9.17, 15) is 13.2 Å². The lowest BCUT2D eigenvalue weighted by molar-refractivity contribution is -0.192. The molecule has 90 valence electrons. The van der Waals surface area contributed by atoms with Crippen molar-refractivity contribution in [3.05, 3.63) is 12.2 Å². The lowest BCUT2D eigenvalue weighted by Crippen LogP contribution is -2.40. The van der Waals surface area contributed by atoms with E-state index in [0.717, 1.165) is 18.9 Å². The van der Waals surface area contributed by atoms with E-state index in [0.29, 0.717) is 5.92 Å². The van der Waals surface area contributed by atoms with Crippen LogP contribution >= 0.6 is 0 Å². The number of halogens is 3. The van der Waals surface area contributed by atoms with Gasteiger partial charge in [0.2, 0.25) is 6.39 Å². The maximum Gasteiger partial charge on any atom is 0.490 e. The average Bonchev–Trinajstić information content (AvgIpc) is 2.53. The molecule has 2 heterocycles. The topological polar surface area (TPSA) is 88.2 Å². The van der Waals surface area contributed by atoms with Gasteiger partial charge in [-0.25, -0.2) is 4.79 Å². The fourth-order valence-corrected chi connectivity index (χ4v) is 0.830. The number of hydrogen-bond acceptors (Lipinski definition) is 5. The van der Waals surface area contributed by atoms with Gasteiger partial charge in [0.1, 0.15) is 0 Å². The van der Waals surface area contributed by atoms with Crippen LogP contribution in [0.1, 0.15) is 11.7 Å². The van der Waals surface area contributed by atoms with Crippen molar-refractivity contribution in [2.45, 2.75) is 12.1 Å². The Labute approximate surface area is 87.4 Å². The summed E-state index contributed by atoms with van der Waals surface area (Å²) in [5.74, 6) is -1.44. The fourth-order valence-electron chi connectivity index (χ4n) is 0.830. The molecule has 0 spiro atoms. The Hall–Kier alpha value is -1.64. The Balaban J connectivity index is 0.000000168.